The van der Waals surface area contributed by atoms with E-state index in [1.807, 2.05) is 0 Å². The summed E-state index contributed by atoms with van der Waals surface area (Å²) in [4.78, 5) is 0. The van der Waals surface area contributed by atoms with Crippen molar-refractivity contribution in [3.8, 4) is 66.8 Å². The van der Waals surface area contributed by atoms with E-state index in [0.29, 0.717) is 0 Å². The number of rotatable bonds is 7. The number of fused-ring (bicyclic) bond motifs is 6. The first-order chi connectivity index (χ1) is 30.7. The molecule has 12 rings (SSSR count). The third-order valence-corrected chi connectivity index (χ3v) is 13.4. The van der Waals surface area contributed by atoms with Gasteiger partial charge in [-0.05, 0) is 136 Å². The van der Waals surface area contributed by atoms with Gasteiger partial charge in [0.2, 0.25) is 0 Å². The normalized spacial score (nSPS) is 14.1. The molecule has 0 bridgehead atoms. The molecule has 290 valence electrons. The van der Waals surface area contributed by atoms with Crippen LogP contribution in [0.1, 0.15) is 44.9 Å². The molecule has 2 aliphatic rings. The highest BCUT2D eigenvalue weighted by Crippen LogP contribution is 2.60. The fourth-order valence-electron chi connectivity index (χ4n) is 10.6. The van der Waals surface area contributed by atoms with E-state index in [9.17, 15) is 0 Å². The van der Waals surface area contributed by atoms with Crippen LogP contribution >= 0.6 is 0 Å². The summed E-state index contributed by atoms with van der Waals surface area (Å²) in [5.41, 5.74) is 23.7. The first-order valence-corrected chi connectivity index (χ1v) is 21.7. The van der Waals surface area contributed by atoms with Crippen LogP contribution in [-0.2, 0) is 5.41 Å². The lowest BCUT2D eigenvalue weighted by Crippen LogP contribution is -2.28. The molecule has 2 aliphatic carbocycles. The molecule has 0 nitrogen and oxygen atoms in total. The zero-order valence-corrected chi connectivity index (χ0v) is 34.2. The van der Waals surface area contributed by atoms with Crippen molar-refractivity contribution >= 4 is 0 Å². The van der Waals surface area contributed by atoms with Crippen molar-refractivity contribution in [2.24, 2.45) is 0 Å². The van der Waals surface area contributed by atoms with Crippen LogP contribution < -0.4 is 0 Å². The summed E-state index contributed by atoms with van der Waals surface area (Å²) in [6.45, 7) is 0. The lowest BCUT2D eigenvalue weighted by Gasteiger charge is -2.34. The molecule has 0 spiro atoms. The average Bonchev–Trinajstić information content (AvgIpc) is 3.84. The van der Waals surface area contributed by atoms with Gasteiger partial charge in [-0.2, -0.15) is 0 Å². The summed E-state index contributed by atoms with van der Waals surface area (Å²) in [5, 5.41) is 0. The summed E-state index contributed by atoms with van der Waals surface area (Å²) < 4.78 is 0. The topological polar surface area (TPSA) is 0 Å². The maximum Gasteiger partial charge on any atom is 0.0713 e. The quantitative estimate of drug-likeness (QED) is 0.151. The molecule has 0 radical (unpaired) electrons. The third kappa shape index (κ3) is 5.75. The van der Waals surface area contributed by atoms with Gasteiger partial charge in [0.15, 0.2) is 0 Å². The van der Waals surface area contributed by atoms with Crippen molar-refractivity contribution in [2.45, 2.75) is 11.3 Å². The van der Waals surface area contributed by atoms with Gasteiger partial charge in [-0.1, -0.05) is 218 Å². The van der Waals surface area contributed by atoms with E-state index in [-0.39, 0.29) is 5.92 Å². The molecule has 62 heavy (non-hydrogen) atoms. The minimum absolute atomic E-state index is 0.0211. The zero-order valence-electron chi connectivity index (χ0n) is 34.2. The number of hydrogen-bond donors (Lipinski definition) is 0. The standard InChI is InChI=1S/C62H42/c1-6-19-42(20-7-1)46-33-34-53-55-40-56-54-31-16-17-32-59(54)62(51-27-12-4-13-28-51,52-29-14-5-15-30-52)60(56)41-58(55)61(57(53)39-46)47-26-18-25-45(35-47)50-37-48(43-21-8-2-9-22-43)36-49(38-50)44-23-10-3-11-24-44/h1-41,61H. The van der Waals surface area contributed by atoms with E-state index >= 15 is 0 Å². The van der Waals surface area contributed by atoms with Gasteiger partial charge in [-0.15, -0.1) is 0 Å². The first kappa shape index (κ1) is 36.1. The number of benzene rings is 10. The zero-order chi connectivity index (χ0) is 41.0. The van der Waals surface area contributed by atoms with Crippen molar-refractivity contribution in [2.75, 3.05) is 0 Å². The molecule has 0 saturated heterocycles. The summed E-state index contributed by atoms with van der Waals surface area (Å²) in [6, 6.07) is 92.5. The predicted octanol–water partition coefficient (Wildman–Crippen LogP) is 15.9. The van der Waals surface area contributed by atoms with Crippen molar-refractivity contribution < 1.29 is 0 Å². The van der Waals surface area contributed by atoms with Crippen LogP contribution in [0.5, 0.6) is 0 Å². The molecule has 1 unspecified atom stereocenters. The summed E-state index contributed by atoms with van der Waals surface area (Å²) >= 11 is 0. The van der Waals surface area contributed by atoms with Gasteiger partial charge in [0.1, 0.15) is 0 Å². The van der Waals surface area contributed by atoms with Gasteiger partial charge in [0, 0.05) is 5.92 Å². The van der Waals surface area contributed by atoms with Crippen LogP contribution in [0.15, 0.2) is 249 Å². The highest BCUT2D eigenvalue weighted by molar-refractivity contribution is 5.94. The molecule has 10 aromatic rings. The van der Waals surface area contributed by atoms with E-state index in [1.165, 1.54) is 106 Å². The predicted molar refractivity (Wildman–Crippen MR) is 258 cm³/mol. The van der Waals surface area contributed by atoms with Crippen LogP contribution in [-0.4, -0.2) is 0 Å². The van der Waals surface area contributed by atoms with E-state index in [0.717, 1.165) is 0 Å². The smallest absolute Gasteiger partial charge is 0.0622 e. The van der Waals surface area contributed by atoms with E-state index in [1.54, 1.807) is 0 Å². The molecule has 0 fully saturated rings. The largest absolute Gasteiger partial charge is 0.0713 e. The molecular formula is C62H42. The summed E-state index contributed by atoms with van der Waals surface area (Å²) in [7, 11) is 0. The van der Waals surface area contributed by atoms with Crippen molar-refractivity contribution in [1.82, 2.24) is 0 Å². The lowest BCUT2D eigenvalue weighted by molar-refractivity contribution is 0.766. The fourth-order valence-corrected chi connectivity index (χ4v) is 10.6. The SMILES string of the molecule is c1ccc(-c2cc(-c3ccccc3)cc(-c3cccc(C4c5cc(-c6ccccc6)ccc5-c5cc6c(cc54)C(c4ccccc4)(c4ccccc4)c4ccccc4-6)c3)c2)cc1. The van der Waals surface area contributed by atoms with Crippen LogP contribution in [0.2, 0.25) is 0 Å². The molecule has 10 aromatic carbocycles. The Labute approximate surface area is 364 Å². The van der Waals surface area contributed by atoms with Crippen LogP contribution in [0.25, 0.3) is 66.8 Å². The maximum absolute atomic E-state index is 2.59. The second kappa shape index (κ2) is 14.7. The number of hydrogen-bond acceptors (Lipinski definition) is 0. The van der Waals surface area contributed by atoms with Gasteiger partial charge >= 0.3 is 0 Å². The Hall–Kier alpha value is -7.80. The minimum atomic E-state index is -0.481. The van der Waals surface area contributed by atoms with Crippen LogP contribution in [0.3, 0.4) is 0 Å². The molecule has 0 heterocycles. The second-order valence-corrected chi connectivity index (χ2v) is 16.8. The van der Waals surface area contributed by atoms with E-state index in [4.69, 9.17) is 0 Å². The molecule has 0 heteroatoms. The van der Waals surface area contributed by atoms with E-state index < -0.39 is 5.41 Å². The molecule has 0 saturated carbocycles. The Balaban J connectivity index is 1.10. The van der Waals surface area contributed by atoms with Crippen molar-refractivity contribution in [1.29, 1.82) is 0 Å². The molecule has 0 aliphatic heterocycles. The Morgan fingerprint density at radius 3 is 1.31 bits per heavy atom. The summed E-state index contributed by atoms with van der Waals surface area (Å²) in [5.74, 6) is 0.0211. The molecule has 0 N–H and O–H groups in total. The van der Waals surface area contributed by atoms with Gasteiger partial charge in [-0.25, -0.2) is 0 Å². The molecule has 0 aromatic heterocycles. The fraction of sp³-hybridized carbons (Fsp3) is 0.0323. The summed E-state index contributed by atoms with van der Waals surface area (Å²) in [6.07, 6.45) is 0. The lowest BCUT2D eigenvalue weighted by atomic mass is 9.67. The van der Waals surface area contributed by atoms with Gasteiger partial charge in [0.05, 0.1) is 5.41 Å². The maximum atomic E-state index is 2.59. The highest BCUT2D eigenvalue weighted by Gasteiger charge is 2.47. The van der Waals surface area contributed by atoms with Crippen molar-refractivity contribution in [3.05, 3.63) is 288 Å². The Morgan fingerprint density at radius 1 is 0.242 bits per heavy atom. The van der Waals surface area contributed by atoms with Crippen molar-refractivity contribution in [3.63, 3.8) is 0 Å². The average molecular weight is 787 g/mol. The van der Waals surface area contributed by atoms with Gasteiger partial charge in [-0.3, -0.25) is 0 Å². The second-order valence-electron chi connectivity index (χ2n) is 16.8. The van der Waals surface area contributed by atoms with Gasteiger partial charge in [0.25, 0.3) is 0 Å². The third-order valence-electron chi connectivity index (χ3n) is 13.4. The van der Waals surface area contributed by atoms with Crippen LogP contribution in [0.4, 0.5) is 0 Å². The van der Waals surface area contributed by atoms with Crippen LogP contribution in [0, 0.1) is 0 Å². The molecular weight excluding hydrogens is 745 g/mol. The first-order valence-electron chi connectivity index (χ1n) is 21.7. The molecule has 0 amide bonds. The Kier molecular flexibility index (Phi) is 8.57. The molecule has 1 atom stereocenters. The Bertz CT molecular complexity index is 3160. The highest BCUT2D eigenvalue weighted by atomic mass is 14.5. The monoisotopic (exact) mass is 786 g/mol. The van der Waals surface area contributed by atoms with Gasteiger partial charge < -0.3 is 0 Å². The van der Waals surface area contributed by atoms with E-state index in [2.05, 4.69) is 249 Å². The minimum Gasteiger partial charge on any atom is -0.0622 e. The Morgan fingerprint density at radius 2 is 0.710 bits per heavy atom.